The Labute approximate surface area is 118 Å². The summed E-state index contributed by atoms with van der Waals surface area (Å²) in [7, 11) is 5.33. The summed E-state index contributed by atoms with van der Waals surface area (Å²) >= 11 is 1.72. The smallest absolute Gasteiger partial charge is 0.124 e. The largest absolute Gasteiger partial charge is 0.497 e. The SMILES string of the molecule is CNC(c1cscc1C)c1cc(OC)ccc1OC. The zero-order valence-electron chi connectivity index (χ0n) is 11.7. The number of thiophene rings is 1. The molecule has 0 spiro atoms. The fraction of sp³-hybridized carbons (Fsp3) is 0.333. The molecule has 1 heterocycles. The maximum absolute atomic E-state index is 5.47. The molecule has 1 aromatic carbocycles. The molecule has 3 nitrogen and oxygen atoms in total. The third-order valence-corrected chi connectivity index (χ3v) is 4.12. The molecule has 1 unspecified atom stereocenters. The van der Waals surface area contributed by atoms with Gasteiger partial charge < -0.3 is 14.8 Å². The molecule has 0 radical (unpaired) electrons. The number of ether oxygens (including phenoxy) is 2. The van der Waals surface area contributed by atoms with Crippen LogP contribution in [0, 0.1) is 6.92 Å². The van der Waals surface area contributed by atoms with Gasteiger partial charge in [-0.1, -0.05) is 0 Å². The molecule has 0 saturated carbocycles. The number of hydrogen-bond donors (Lipinski definition) is 1. The topological polar surface area (TPSA) is 30.5 Å². The molecule has 2 rings (SSSR count). The van der Waals surface area contributed by atoms with E-state index in [0.29, 0.717) is 0 Å². The van der Waals surface area contributed by atoms with Crippen molar-refractivity contribution in [2.24, 2.45) is 0 Å². The lowest BCUT2D eigenvalue weighted by Gasteiger charge is -2.20. The van der Waals surface area contributed by atoms with Crippen LogP contribution in [0.15, 0.2) is 29.0 Å². The van der Waals surface area contributed by atoms with E-state index in [1.165, 1.54) is 11.1 Å². The average molecular weight is 277 g/mol. The number of methoxy groups -OCH3 is 2. The Balaban J connectivity index is 2.51. The number of nitrogens with one attached hydrogen (secondary N) is 1. The molecule has 2 aromatic rings. The molecule has 0 bridgehead atoms. The van der Waals surface area contributed by atoms with Crippen molar-refractivity contribution < 1.29 is 9.47 Å². The lowest BCUT2D eigenvalue weighted by molar-refractivity contribution is 0.395. The summed E-state index contributed by atoms with van der Waals surface area (Å²) in [5, 5.41) is 7.69. The Morgan fingerprint density at radius 2 is 1.89 bits per heavy atom. The highest BCUT2D eigenvalue weighted by Crippen LogP contribution is 2.35. The Bertz CT molecular complexity index is 551. The number of aryl methyl sites for hydroxylation is 1. The minimum Gasteiger partial charge on any atom is -0.497 e. The maximum atomic E-state index is 5.47. The van der Waals surface area contributed by atoms with Crippen LogP contribution in [0.4, 0.5) is 0 Å². The molecule has 0 fully saturated rings. The second-order valence-electron chi connectivity index (χ2n) is 4.34. The first-order valence-corrected chi connectivity index (χ1v) is 7.07. The first-order chi connectivity index (χ1) is 9.21. The summed E-state index contributed by atoms with van der Waals surface area (Å²) in [5.74, 6) is 1.70. The van der Waals surface area contributed by atoms with Crippen LogP contribution in [-0.4, -0.2) is 21.3 Å². The van der Waals surface area contributed by atoms with Crippen LogP contribution in [0.5, 0.6) is 11.5 Å². The summed E-state index contributed by atoms with van der Waals surface area (Å²) in [4.78, 5) is 0. The Morgan fingerprint density at radius 3 is 2.42 bits per heavy atom. The van der Waals surface area contributed by atoms with Crippen molar-refractivity contribution >= 4 is 11.3 Å². The van der Waals surface area contributed by atoms with Gasteiger partial charge in [-0.2, -0.15) is 11.3 Å². The first kappa shape index (κ1) is 13.9. The molecule has 0 aliphatic rings. The van der Waals surface area contributed by atoms with Crippen LogP contribution in [0.25, 0.3) is 0 Å². The van der Waals surface area contributed by atoms with Crippen molar-refractivity contribution in [3.8, 4) is 11.5 Å². The lowest BCUT2D eigenvalue weighted by atomic mass is 9.97. The van der Waals surface area contributed by atoms with E-state index in [2.05, 4.69) is 23.0 Å². The standard InChI is InChI=1S/C15H19NO2S/c1-10-8-19-9-13(10)15(16-2)12-7-11(17-3)5-6-14(12)18-4/h5-9,15-16H,1-4H3. The Kier molecular flexibility index (Phi) is 4.45. The maximum Gasteiger partial charge on any atom is 0.124 e. The van der Waals surface area contributed by atoms with Gasteiger partial charge >= 0.3 is 0 Å². The van der Waals surface area contributed by atoms with Gasteiger partial charge in [-0.3, -0.25) is 0 Å². The van der Waals surface area contributed by atoms with E-state index in [1.54, 1.807) is 25.6 Å². The second-order valence-corrected chi connectivity index (χ2v) is 5.08. The molecule has 1 atom stereocenters. The van der Waals surface area contributed by atoms with Crippen LogP contribution in [0.1, 0.15) is 22.7 Å². The minimum atomic E-state index is 0.108. The number of rotatable bonds is 5. The molecule has 1 N–H and O–H groups in total. The monoisotopic (exact) mass is 277 g/mol. The highest BCUT2D eigenvalue weighted by molar-refractivity contribution is 7.08. The van der Waals surface area contributed by atoms with Crippen LogP contribution < -0.4 is 14.8 Å². The molecule has 4 heteroatoms. The van der Waals surface area contributed by atoms with Crippen molar-refractivity contribution in [3.63, 3.8) is 0 Å². The van der Waals surface area contributed by atoms with Crippen molar-refractivity contribution in [3.05, 3.63) is 45.6 Å². The van der Waals surface area contributed by atoms with Gasteiger partial charge in [-0.25, -0.2) is 0 Å². The van der Waals surface area contributed by atoms with Crippen molar-refractivity contribution in [1.29, 1.82) is 0 Å². The van der Waals surface area contributed by atoms with Crippen LogP contribution in [0.2, 0.25) is 0 Å². The summed E-state index contributed by atoms with van der Waals surface area (Å²) < 4.78 is 10.8. The lowest BCUT2D eigenvalue weighted by Crippen LogP contribution is -2.18. The van der Waals surface area contributed by atoms with Crippen LogP contribution >= 0.6 is 11.3 Å². The van der Waals surface area contributed by atoms with Gasteiger partial charge in [0.25, 0.3) is 0 Å². The molecule has 0 saturated heterocycles. The van der Waals surface area contributed by atoms with E-state index in [4.69, 9.17) is 9.47 Å². The summed E-state index contributed by atoms with van der Waals surface area (Å²) in [5.41, 5.74) is 3.65. The Morgan fingerprint density at radius 1 is 1.11 bits per heavy atom. The fourth-order valence-electron chi connectivity index (χ4n) is 2.21. The summed E-state index contributed by atoms with van der Waals surface area (Å²) in [6.45, 7) is 2.13. The van der Waals surface area contributed by atoms with E-state index in [-0.39, 0.29) is 6.04 Å². The molecular weight excluding hydrogens is 258 g/mol. The minimum absolute atomic E-state index is 0.108. The quantitative estimate of drug-likeness (QED) is 0.909. The molecule has 19 heavy (non-hydrogen) atoms. The predicted octanol–water partition coefficient (Wildman–Crippen LogP) is 3.38. The van der Waals surface area contributed by atoms with E-state index in [9.17, 15) is 0 Å². The zero-order valence-corrected chi connectivity index (χ0v) is 12.5. The summed E-state index contributed by atoms with van der Waals surface area (Å²) in [6, 6.07) is 5.99. The summed E-state index contributed by atoms with van der Waals surface area (Å²) in [6.07, 6.45) is 0. The molecule has 1 aromatic heterocycles. The fourth-order valence-corrected chi connectivity index (χ4v) is 3.09. The second kappa shape index (κ2) is 6.08. The molecule has 0 aliphatic carbocycles. The highest BCUT2D eigenvalue weighted by atomic mass is 32.1. The highest BCUT2D eigenvalue weighted by Gasteiger charge is 2.19. The average Bonchev–Trinajstić information content (AvgIpc) is 2.86. The predicted molar refractivity (Wildman–Crippen MR) is 79.5 cm³/mol. The molecule has 0 amide bonds. The van der Waals surface area contributed by atoms with Gasteiger partial charge in [0.15, 0.2) is 0 Å². The van der Waals surface area contributed by atoms with Gasteiger partial charge in [0, 0.05) is 5.56 Å². The van der Waals surface area contributed by atoms with Crippen molar-refractivity contribution in [1.82, 2.24) is 5.32 Å². The van der Waals surface area contributed by atoms with Gasteiger partial charge in [0.1, 0.15) is 11.5 Å². The van der Waals surface area contributed by atoms with E-state index >= 15 is 0 Å². The zero-order chi connectivity index (χ0) is 13.8. The van der Waals surface area contributed by atoms with Gasteiger partial charge in [0.05, 0.1) is 20.3 Å². The van der Waals surface area contributed by atoms with Crippen LogP contribution in [0.3, 0.4) is 0 Å². The first-order valence-electron chi connectivity index (χ1n) is 6.13. The van der Waals surface area contributed by atoms with Gasteiger partial charge in [0.2, 0.25) is 0 Å². The van der Waals surface area contributed by atoms with Crippen LogP contribution in [-0.2, 0) is 0 Å². The molecule has 0 aliphatic heterocycles. The van der Waals surface area contributed by atoms with Gasteiger partial charge in [-0.15, -0.1) is 0 Å². The third kappa shape index (κ3) is 2.74. The number of hydrogen-bond acceptors (Lipinski definition) is 4. The molecular formula is C15H19NO2S. The normalized spacial score (nSPS) is 12.2. The van der Waals surface area contributed by atoms with E-state index in [0.717, 1.165) is 17.1 Å². The number of benzene rings is 1. The van der Waals surface area contributed by atoms with E-state index in [1.807, 2.05) is 25.2 Å². The van der Waals surface area contributed by atoms with Crippen molar-refractivity contribution in [2.45, 2.75) is 13.0 Å². The molecule has 102 valence electrons. The van der Waals surface area contributed by atoms with Gasteiger partial charge in [-0.05, 0) is 54.1 Å². The Hall–Kier alpha value is -1.52. The third-order valence-electron chi connectivity index (χ3n) is 3.24. The van der Waals surface area contributed by atoms with E-state index < -0.39 is 0 Å². The van der Waals surface area contributed by atoms with Crippen molar-refractivity contribution in [2.75, 3.05) is 21.3 Å².